The largest absolute Gasteiger partial charge is 1.00 e. The van der Waals surface area contributed by atoms with Crippen LogP contribution in [0.1, 0.15) is 63.9 Å². The fourth-order valence-corrected chi connectivity index (χ4v) is 4.57. The number of hydrogen-bond donors (Lipinski definition) is 1. The first-order valence-corrected chi connectivity index (χ1v) is 9.23. The van der Waals surface area contributed by atoms with Crippen LogP contribution in [0.3, 0.4) is 0 Å². The molecule has 1 aromatic carbocycles. The molecule has 24 heavy (non-hydrogen) atoms. The third-order valence-corrected chi connectivity index (χ3v) is 5.61. The van der Waals surface area contributed by atoms with E-state index in [1.54, 1.807) is 11.8 Å². The molecular formula is C20H29ClN2O. The number of nitrogens with zero attached hydrogens (tertiary/aromatic N) is 1. The highest BCUT2D eigenvalue weighted by molar-refractivity contribution is 6.11. The van der Waals surface area contributed by atoms with Gasteiger partial charge in [-0.25, -0.2) is 4.99 Å². The van der Waals surface area contributed by atoms with Gasteiger partial charge in [0.2, 0.25) is 5.91 Å². The second kappa shape index (κ2) is 8.77. The number of hydrogen-bond acceptors (Lipinski definition) is 1. The average Bonchev–Trinajstić information content (AvgIpc) is 2.62. The van der Waals surface area contributed by atoms with E-state index in [-0.39, 0.29) is 23.9 Å². The highest BCUT2D eigenvalue weighted by atomic mass is 35.5. The van der Waals surface area contributed by atoms with Crippen molar-refractivity contribution in [3.8, 4) is 0 Å². The molecule has 132 valence electrons. The van der Waals surface area contributed by atoms with E-state index in [4.69, 9.17) is 0 Å². The lowest BCUT2D eigenvalue weighted by molar-refractivity contribution is -0.946. The number of amides is 1. The van der Waals surface area contributed by atoms with E-state index in [0.717, 1.165) is 11.3 Å². The van der Waals surface area contributed by atoms with Crippen molar-refractivity contribution in [2.75, 3.05) is 13.1 Å². The molecular weight excluding hydrogens is 320 g/mol. The average molecular weight is 349 g/mol. The van der Waals surface area contributed by atoms with Crippen molar-refractivity contribution in [1.29, 1.82) is 0 Å². The molecule has 1 saturated heterocycles. The maximum Gasteiger partial charge on any atom is 0.243 e. The van der Waals surface area contributed by atoms with Crippen LogP contribution in [0.25, 0.3) is 0 Å². The van der Waals surface area contributed by atoms with Crippen molar-refractivity contribution in [3.05, 3.63) is 35.9 Å². The number of rotatable bonds is 3. The summed E-state index contributed by atoms with van der Waals surface area (Å²) >= 11 is 0. The van der Waals surface area contributed by atoms with Crippen molar-refractivity contribution in [1.82, 2.24) is 0 Å². The van der Waals surface area contributed by atoms with Crippen LogP contribution >= 0.6 is 0 Å². The third-order valence-electron chi connectivity index (χ3n) is 5.61. The zero-order valence-electron chi connectivity index (χ0n) is 14.7. The highest BCUT2D eigenvalue weighted by Crippen LogP contribution is 2.30. The first-order chi connectivity index (χ1) is 11.2. The molecule has 1 aliphatic heterocycles. The molecule has 2 aliphatic rings. The van der Waals surface area contributed by atoms with Crippen LogP contribution in [0.4, 0.5) is 0 Å². The van der Waals surface area contributed by atoms with Gasteiger partial charge >= 0.3 is 0 Å². The standard InChI is InChI=1S/C20H28N2O.ClH/c1-17(23)21-19(18-11-5-2-6-12-18)20(13-7-3-8-14-20)22-15-9-4-10-16-22;/h2,5-6,11-12H,3-4,7-10,13-16H2,1H3;1H. The molecule has 4 heteroatoms. The van der Waals surface area contributed by atoms with E-state index in [1.807, 2.05) is 6.07 Å². The first-order valence-electron chi connectivity index (χ1n) is 9.23. The number of quaternary nitrogens is 1. The predicted molar refractivity (Wildman–Crippen MR) is 94.0 cm³/mol. The summed E-state index contributed by atoms with van der Waals surface area (Å²) < 4.78 is 0. The Kier molecular flexibility index (Phi) is 7.00. The summed E-state index contributed by atoms with van der Waals surface area (Å²) in [5, 5.41) is 0. The van der Waals surface area contributed by atoms with Gasteiger partial charge in [-0.1, -0.05) is 36.8 Å². The number of benzene rings is 1. The summed E-state index contributed by atoms with van der Waals surface area (Å²) in [7, 11) is 0. The highest BCUT2D eigenvalue weighted by Gasteiger charge is 2.47. The fourth-order valence-electron chi connectivity index (χ4n) is 4.57. The topological polar surface area (TPSA) is 33.9 Å². The Bertz CT molecular complexity index is 558. The van der Waals surface area contributed by atoms with Gasteiger partial charge in [0, 0.05) is 25.3 Å². The third kappa shape index (κ3) is 4.07. The van der Waals surface area contributed by atoms with E-state index in [0.29, 0.717) is 0 Å². The lowest BCUT2D eigenvalue weighted by Crippen LogP contribution is -3.22. The van der Waals surface area contributed by atoms with E-state index in [1.165, 1.54) is 64.5 Å². The van der Waals surface area contributed by atoms with Crippen molar-refractivity contribution in [2.45, 2.75) is 63.8 Å². The van der Waals surface area contributed by atoms with Crippen LogP contribution in [0, 0.1) is 0 Å². The number of likely N-dealkylation sites (tertiary alicyclic amines) is 1. The molecule has 1 saturated carbocycles. The SMILES string of the molecule is CC(=O)N=C(c1ccccc1)C1([NH+]2CCCCC2)CCCCC1.[Cl-]. The minimum absolute atomic E-state index is 0. The summed E-state index contributed by atoms with van der Waals surface area (Å²) in [6, 6.07) is 10.4. The van der Waals surface area contributed by atoms with Gasteiger partial charge in [0.05, 0.1) is 13.1 Å². The Morgan fingerprint density at radius 1 is 0.958 bits per heavy atom. The van der Waals surface area contributed by atoms with Gasteiger partial charge in [-0.15, -0.1) is 0 Å². The fraction of sp³-hybridized carbons (Fsp3) is 0.600. The smallest absolute Gasteiger partial charge is 0.243 e. The van der Waals surface area contributed by atoms with Gasteiger partial charge in [0.15, 0.2) is 0 Å². The normalized spacial score (nSPS) is 21.8. The van der Waals surface area contributed by atoms with Crippen LogP contribution in [-0.2, 0) is 4.79 Å². The second-order valence-corrected chi connectivity index (χ2v) is 7.15. The number of piperidine rings is 1. The molecule has 3 rings (SSSR count). The molecule has 1 aromatic rings. The molecule has 2 fully saturated rings. The number of carbonyl (C=O) groups excluding carboxylic acids is 1. The summed E-state index contributed by atoms with van der Waals surface area (Å²) in [4.78, 5) is 18.1. The number of halogens is 1. The quantitative estimate of drug-likeness (QED) is 0.754. The van der Waals surface area contributed by atoms with Gasteiger partial charge in [-0.2, -0.15) is 0 Å². The van der Waals surface area contributed by atoms with Gasteiger partial charge in [-0.05, 0) is 32.1 Å². The summed E-state index contributed by atoms with van der Waals surface area (Å²) in [6.07, 6.45) is 10.1. The maximum absolute atomic E-state index is 11.9. The predicted octanol–water partition coefficient (Wildman–Crippen LogP) is -0.202. The van der Waals surface area contributed by atoms with Crippen LogP contribution in [0.2, 0.25) is 0 Å². The molecule has 0 aromatic heterocycles. The van der Waals surface area contributed by atoms with E-state index >= 15 is 0 Å². The van der Waals surface area contributed by atoms with E-state index in [2.05, 4.69) is 29.3 Å². The van der Waals surface area contributed by atoms with Crippen LogP contribution in [0.5, 0.6) is 0 Å². The molecule has 0 atom stereocenters. The molecule has 0 unspecified atom stereocenters. The number of aliphatic imine (C=N–C) groups is 1. The van der Waals surface area contributed by atoms with Crippen LogP contribution < -0.4 is 17.3 Å². The minimum Gasteiger partial charge on any atom is -1.00 e. The zero-order valence-corrected chi connectivity index (χ0v) is 15.4. The summed E-state index contributed by atoms with van der Waals surface area (Å²) in [6.45, 7) is 4.04. The zero-order chi connectivity index (χ0) is 16.1. The van der Waals surface area contributed by atoms with E-state index < -0.39 is 0 Å². The van der Waals surface area contributed by atoms with Gasteiger partial charge in [-0.3, -0.25) is 4.79 Å². The summed E-state index contributed by atoms with van der Waals surface area (Å²) in [5.41, 5.74) is 2.25. The van der Waals surface area contributed by atoms with Crippen molar-refractivity contribution in [2.24, 2.45) is 4.99 Å². The van der Waals surface area contributed by atoms with Crippen molar-refractivity contribution < 1.29 is 22.1 Å². The van der Waals surface area contributed by atoms with Gasteiger partial charge in [0.1, 0.15) is 11.3 Å². The molecule has 0 spiro atoms. The molecule has 1 aliphatic carbocycles. The first kappa shape index (κ1) is 19.1. The Balaban J connectivity index is 0.00000208. The van der Waals surface area contributed by atoms with Crippen LogP contribution in [-0.4, -0.2) is 30.2 Å². The van der Waals surface area contributed by atoms with Gasteiger partial charge < -0.3 is 17.3 Å². The van der Waals surface area contributed by atoms with Crippen LogP contribution in [0.15, 0.2) is 35.3 Å². The molecule has 0 bridgehead atoms. The Morgan fingerprint density at radius 3 is 2.12 bits per heavy atom. The molecule has 0 radical (unpaired) electrons. The minimum atomic E-state index is -0.0646. The number of nitrogens with one attached hydrogen (secondary N) is 1. The van der Waals surface area contributed by atoms with Gasteiger partial charge in [0.25, 0.3) is 0 Å². The monoisotopic (exact) mass is 348 g/mol. The molecule has 1 amide bonds. The number of carbonyl (C=O) groups is 1. The molecule has 3 nitrogen and oxygen atoms in total. The Hall–Kier alpha value is -1.19. The van der Waals surface area contributed by atoms with E-state index in [9.17, 15) is 4.79 Å². The Morgan fingerprint density at radius 2 is 1.54 bits per heavy atom. The Labute approximate surface area is 151 Å². The van der Waals surface area contributed by atoms with Crippen molar-refractivity contribution in [3.63, 3.8) is 0 Å². The lowest BCUT2D eigenvalue weighted by atomic mass is 9.73. The molecule has 1 N–H and O–H groups in total. The molecule has 1 heterocycles. The second-order valence-electron chi connectivity index (χ2n) is 7.15. The lowest BCUT2D eigenvalue weighted by Gasteiger charge is -2.45. The van der Waals surface area contributed by atoms with Crippen molar-refractivity contribution >= 4 is 11.6 Å². The summed E-state index contributed by atoms with van der Waals surface area (Å²) in [5.74, 6) is -0.0646. The maximum atomic E-state index is 11.9.